The predicted octanol–water partition coefficient (Wildman–Crippen LogP) is 4.36. The molecule has 2 N–H and O–H groups in total. The Kier molecular flexibility index (Phi) is 7.11. The number of carbonyl (C=O) groups is 2. The summed E-state index contributed by atoms with van der Waals surface area (Å²) in [5, 5.41) is 5.60. The first kappa shape index (κ1) is 21.7. The Labute approximate surface area is 180 Å². The molecule has 0 fully saturated rings. The molecule has 1 atom stereocenters. The van der Waals surface area contributed by atoms with Crippen molar-refractivity contribution in [2.45, 2.75) is 13.0 Å². The van der Waals surface area contributed by atoms with Crippen molar-refractivity contribution < 1.29 is 23.8 Å². The zero-order chi connectivity index (χ0) is 22.2. The highest BCUT2D eigenvalue weighted by Crippen LogP contribution is 2.19. The minimum atomic E-state index is -0.721. The van der Waals surface area contributed by atoms with Crippen LogP contribution in [0, 0.1) is 0 Å². The highest BCUT2D eigenvalue weighted by atomic mass is 16.5. The zero-order valence-electron chi connectivity index (χ0n) is 17.5. The maximum absolute atomic E-state index is 12.4. The standard InChI is InChI=1S/C24H24N2O5/c1-16(23(27)25-18-6-12-20(29-2)13-7-18)31-22-10-4-17(5-11-22)24(28)26-19-8-14-21(30-3)15-9-19/h4-16H,1-3H3,(H,25,27)(H,26,28)/t16-/m1/s1. The highest BCUT2D eigenvalue weighted by molar-refractivity contribution is 6.04. The number of methoxy groups -OCH3 is 2. The third-order valence-electron chi connectivity index (χ3n) is 4.50. The highest BCUT2D eigenvalue weighted by Gasteiger charge is 2.15. The van der Waals surface area contributed by atoms with Crippen LogP contribution in [0.2, 0.25) is 0 Å². The summed E-state index contributed by atoms with van der Waals surface area (Å²) in [6.45, 7) is 1.66. The van der Waals surface area contributed by atoms with Crippen LogP contribution < -0.4 is 24.8 Å². The Balaban J connectivity index is 1.54. The SMILES string of the molecule is COc1ccc(NC(=O)c2ccc(O[C@H](C)C(=O)Nc3ccc(OC)cc3)cc2)cc1. The molecule has 0 radical (unpaired) electrons. The van der Waals surface area contributed by atoms with Crippen molar-refractivity contribution in [2.24, 2.45) is 0 Å². The smallest absolute Gasteiger partial charge is 0.265 e. The van der Waals surface area contributed by atoms with E-state index < -0.39 is 6.10 Å². The van der Waals surface area contributed by atoms with Crippen molar-refractivity contribution in [2.75, 3.05) is 24.9 Å². The Bertz CT molecular complexity index is 1020. The molecule has 160 valence electrons. The monoisotopic (exact) mass is 420 g/mol. The molecule has 0 saturated heterocycles. The number of anilines is 2. The van der Waals surface area contributed by atoms with E-state index in [9.17, 15) is 9.59 Å². The van der Waals surface area contributed by atoms with Gasteiger partial charge in [-0.15, -0.1) is 0 Å². The molecule has 3 aromatic carbocycles. The van der Waals surface area contributed by atoms with E-state index in [1.807, 2.05) is 0 Å². The number of ether oxygens (including phenoxy) is 3. The molecular weight excluding hydrogens is 396 g/mol. The van der Waals surface area contributed by atoms with E-state index in [1.165, 1.54) is 0 Å². The molecule has 7 nitrogen and oxygen atoms in total. The fraction of sp³-hybridized carbons (Fsp3) is 0.167. The van der Waals surface area contributed by atoms with Crippen LogP contribution in [0.5, 0.6) is 17.2 Å². The van der Waals surface area contributed by atoms with Crippen LogP contribution in [0.3, 0.4) is 0 Å². The molecule has 3 rings (SSSR count). The predicted molar refractivity (Wildman–Crippen MR) is 119 cm³/mol. The molecular formula is C24H24N2O5. The molecule has 0 bridgehead atoms. The van der Waals surface area contributed by atoms with Gasteiger partial charge in [0, 0.05) is 16.9 Å². The van der Waals surface area contributed by atoms with Crippen molar-refractivity contribution in [3.63, 3.8) is 0 Å². The second kappa shape index (κ2) is 10.2. The third kappa shape index (κ3) is 5.99. The van der Waals surface area contributed by atoms with E-state index in [1.54, 1.807) is 93.9 Å². The Morgan fingerprint density at radius 3 is 1.61 bits per heavy atom. The molecule has 0 heterocycles. The summed E-state index contributed by atoms with van der Waals surface area (Å²) >= 11 is 0. The molecule has 0 unspecified atom stereocenters. The van der Waals surface area contributed by atoms with Crippen LogP contribution >= 0.6 is 0 Å². The average molecular weight is 420 g/mol. The number of hydrogen-bond donors (Lipinski definition) is 2. The van der Waals surface area contributed by atoms with Crippen molar-refractivity contribution in [3.05, 3.63) is 78.4 Å². The average Bonchev–Trinajstić information content (AvgIpc) is 2.80. The lowest BCUT2D eigenvalue weighted by Crippen LogP contribution is -2.30. The van der Waals surface area contributed by atoms with Crippen molar-refractivity contribution in [3.8, 4) is 17.2 Å². The van der Waals surface area contributed by atoms with E-state index in [-0.39, 0.29) is 11.8 Å². The van der Waals surface area contributed by atoms with Crippen LogP contribution in [0.15, 0.2) is 72.8 Å². The molecule has 0 aromatic heterocycles. The number of benzene rings is 3. The molecule has 0 saturated carbocycles. The van der Waals surface area contributed by atoms with Crippen LogP contribution in [0.4, 0.5) is 11.4 Å². The Morgan fingerprint density at radius 2 is 1.13 bits per heavy atom. The van der Waals surface area contributed by atoms with Crippen LogP contribution in [0.1, 0.15) is 17.3 Å². The Hall–Kier alpha value is -4.00. The summed E-state index contributed by atoms with van der Waals surface area (Å²) in [4.78, 5) is 24.8. The molecule has 0 spiro atoms. The van der Waals surface area contributed by atoms with Crippen LogP contribution in [0.25, 0.3) is 0 Å². The molecule has 0 aliphatic heterocycles. The van der Waals surface area contributed by atoms with Gasteiger partial charge in [0.1, 0.15) is 17.2 Å². The van der Waals surface area contributed by atoms with Gasteiger partial charge in [-0.3, -0.25) is 9.59 Å². The van der Waals surface area contributed by atoms with E-state index in [4.69, 9.17) is 14.2 Å². The maximum Gasteiger partial charge on any atom is 0.265 e. The fourth-order valence-corrected chi connectivity index (χ4v) is 2.74. The number of nitrogens with one attached hydrogen (secondary N) is 2. The van der Waals surface area contributed by atoms with E-state index >= 15 is 0 Å². The van der Waals surface area contributed by atoms with Gasteiger partial charge in [-0.05, 0) is 79.7 Å². The normalized spacial score (nSPS) is 11.2. The summed E-state index contributed by atoms with van der Waals surface area (Å²) in [7, 11) is 3.16. The van der Waals surface area contributed by atoms with E-state index in [2.05, 4.69) is 10.6 Å². The minimum Gasteiger partial charge on any atom is -0.497 e. The number of carbonyl (C=O) groups excluding carboxylic acids is 2. The van der Waals surface area contributed by atoms with Gasteiger partial charge in [-0.1, -0.05) is 0 Å². The van der Waals surface area contributed by atoms with Crippen LogP contribution in [-0.4, -0.2) is 32.1 Å². The summed E-state index contributed by atoms with van der Waals surface area (Å²) in [5.41, 5.74) is 1.78. The van der Waals surface area contributed by atoms with Crippen molar-refractivity contribution in [1.82, 2.24) is 0 Å². The summed E-state index contributed by atoms with van der Waals surface area (Å²) in [6.07, 6.45) is -0.721. The lowest BCUT2D eigenvalue weighted by atomic mass is 10.2. The number of amides is 2. The first-order valence-corrected chi connectivity index (χ1v) is 9.65. The lowest BCUT2D eigenvalue weighted by molar-refractivity contribution is -0.122. The first-order chi connectivity index (χ1) is 15.0. The third-order valence-corrected chi connectivity index (χ3v) is 4.50. The van der Waals surface area contributed by atoms with Gasteiger partial charge in [0.05, 0.1) is 14.2 Å². The van der Waals surface area contributed by atoms with Crippen LogP contribution in [-0.2, 0) is 4.79 Å². The number of hydrogen-bond acceptors (Lipinski definition) is 5. The van der Waals surface area contributed by atoms with Crippen molar-refractivity contribution >= 4 is 23.2 Å². The summed E-state index contributed by atoms with van der Waals surface area (Å²) < 4.78 is 15.9. The van der Waals surface area contributed by atoms with E-state index in [0.29, 0.717) is 34.2 Å². The fourth-order valence-electron chi connectivity index (χ4n) is 2.74. The minimum absolute atomic E-state index is 0.248. The lowest BCUT2D eigenvalue weighted by Gasteiger charge is -2.15. The molecule has 31 heavy (non-hydrogen) atoms. The van der Waals surface area contributed by atoms with Gasteiger partial charge < -0.3 is 24.8 Å². The zero-order valence-corrected chi connectivity index (χ0v) is 17.5. The summed E-state index contributed by atoms with van der Waals surface area (Å²) in [5.74, 6) is 1.37. The Morgan fingerprint density at radius 1 is 0.677 bits per heavy atom. The molecule has 3 aromatic rings. The maximum atomic E-state index is 12.4. The molecule has 7 heteroatoms. The van der Waals surface area contributed by atoms with Crippen molar-refractivity contribution in [1.29, 1.82) is 0 Å². The van der Waals surface area contributed by atoms with Gasteiger partial charge in [-0.2, -0.15) is 0 Å². The molecule has 0 aliphatic rings. The van der Waals surface area contributed by atoms with Gasteiger partial charge >= 0.3 is 0 Å². The second-order valence-electron chi connectivity index (χ2n) is 6.68. The molecule has 0 aliphatic carbocycles. The van der Waals surface area contributed by atoms with Gasteiger partial charge in [0.15, 0.2) is 6.10 Å². The number of rotatable bonds is 8. The van der Waals surface area contributed by atoms with Gasteiger partial charge in [0.2, 0.25) is 0 Å². The quantitative estimate of drug-likeness (QED) is 0.565. The molecule has 2 amide bonds. The summed E-state index contributed by atoms with van der Waals surface area (Å²) in [6, 6.07) is 20.7. The van der Waals surface area contributed by atoms with Gasteiger partial charge in [-0.25, -0.2) is 0 Å². The first-order valence-electron chi connectivity index (χ1n) is 9.65. The second-order valence-corrected chi connectivity index (χ2v) is 6.68. The van der Waals surface area contributed by atoms with Gasteiger partial charge in [0.25, 0.3) is 11.8 Å². The van der Waals surface area contributed by atoms with E-state index in [0.717, 1.165) is 0 Å². The largest absolute Gasteiger partial charge is 0.497 e. The topological polar surface area (TPSA) is 85.9 Å².